The molecule has 1 heterocycles. The maximum absolute atomic E-state index is 12.7. The number of ether oxygens (including phenoxy) is 2. The molecular formula is C19H23NO4. The Kier molecular flexibility index (Phi) is 5.44. The summed E-state index contributed by atoms with van der Waals surface area (Å²) >= 11 is 0. The van der Waals surface area contributed by atoms with Crippen LogP contribution in [-0.4, -0.2) is 25.2 Å². The van der Waals surface area contributed by atoms with Gasteiger partial charge in [-0.2, -0.15) is 0 Å². The molecule has 2 rings (SSSR count). The molecular weight excluding hydrogens is 306 g/mol. The largest absolute Gasteiger partial charge is 0.466 e. The summed E-state index contributed by atoms with van der Waals surface area (Å²) in [7, 11) is 1.34. The van der Waals surface area contributed by atoms with E-state index < -0.39 is 17.9 Å². The van der Waals surface area contributed by atoms with Crippen LogP contribution in [0, 0.1) is 0 Å². The first-order valence-electron chi connectivity index (χ1n) is 7.89. The lowest BCUT2D eigenvalue weighted by atomic mass is 9.80. The van der Waals surface area contributed by atoms with E-state index in [1.165, 1.54) is 7.11 Å². The Hall–Kier alpha value is -2.56. The fourth-order valence-corrected chi connectivity index (χ4v) is 2.90. The minimum absolute atomic E-state index is 0.247. The summed E-state index contributed by atoms with van der Waals surface area (Å²) in [5, 5.41) is 3.11. The van der Waals surface area contributed by atoms with Crippen LogP contribution in [0.2, 0.25) is 0 Å². The molecule has 0 aromatic heterocycles. The zero-order chi connectivity index (χ0) is 17.9. The smallest absolute Gasteiger partial charge is 0.337 e. The molecule has 1 N–H and O–H groups in total. The molecule has 0 spiro atoms. The van der Waals surface area contributed by atoms with Gasteiger partial charge in [0.15, 0.2) is 0 Å². The van der Waals surface area contributed by atoms with Crippen molar-refractivity contribution in [2.45, 2.75) is 39.7 Å². The van der Waals surface area contributed by atoms with Gasteiger partial charge < -0.3 is 14.8 Å². The lowest BCUT2D eigenvalue weighted by Gasteiger charge is -2.30. The SMILES string of the molecule is COC(=O)C1=C(C)NC(C)=C(C(=O)OC(C)C)C1c1ccccc1. The zero-order valence-electron chi connectivity index (χ0n) is 14.7. The number of hydrogen-bond acceptors (Lipinski definition) is 5. The summed E-state index contributed by atoms with van der Waals surface area (Å²) in [4.78, 5) is 25.0. The first-order chi connectivity index (χ1) is 11.4. The topological polar surface area (TPSA) is 64.6 Å². The number of dihydropyridines is 1. The average Bonchev–Trinajstić information content (AvgIpc) is 2.53. The van der Waals surface area contributed by atoms with Crippen molar-refractivity contribution in [3.05, 3.63) is 58.4 Å². The average molecular weight is 329 g/mol. The van der Waals surface area contributed by atoms with Crippen molar-refractivity contribution in [1.82, 2.24) is 5.32 Å². The van der Waals surface area contributed by atoms with Crippen LogP contribution in [-0.2, 0) is 19.1 Å². The van der Waals surface area contributed by atoms with Crippen molar-refractivity contribution in [2.24, 2.45) is 0 Å². The number of hydrogen-bond donors (Lipinski definition) is 1. The molecule has 1 aliphatic heterocycles. The van der Waals surface area contributed by atoms with Crippen molar-refractivity contribution in [1.29, 1.82) is 0 Å². The van der Waals surface area contributed by atoms with E-state index in [0.717, 1.165) is 5.56 Å². The van der Waals surface area contributed by atoms with Crippen molar-refractivity contribution in [3.8, 4) is 0 Å². The molecule has 0 saturated carbocycles. The van der Waals surface area contributed by atoms with Crippen LogP contribution in [0.4, 0.5) is 0 Å². The highest BCUT2D eigenvalue weighted by Crippen LogP contribution is 2.39. The van der Waals surface area contributed by atoms with Gasteiger partial charge in [0.2, 0.25) is 0 Å². The van der Waals surface area contributed by atoms with Gasteiger partial charge in [-0.25, -0.2) is 9.59 Å². The Labute approximate surface area is 142 Å². The summed E-state index contributed by atoms with van der Waals surface area (Å²) in [6.45, 7) is 7.20. The molecule has 128 valence electrons. The van der Waals surface area contributed by atoms with E-state index in [9.17, 15) is 9.59 Å². The molecule has 1 unspecified atom stereocenters. The standard InChI is InChI=1S/C19H23NO4/c1-11(2)24-19(22)16-13(4)20-12(3)15(18(21)23-5)17(16)14-9-7-6-8-10-14/h6-11,17,20H,1-5H3. The second kappa shape index (κ2) is 7.34. The summed E-state index contributed by atoms with van der Waals surface area (Å²) in [5.74, 6) is -1.42. The Balaban J connectivity index is 2.61. The second-order valence-electron chi connectivity index (χ2n) is 5.99. The Morgan fingerprint density at radius 1 is 1.00 bits per heavy atom. The Bertz CT molecular complexity index is 701. The molecule has 1 aromatic rings. The van der Waals surface area contributed by atoms with Gasteiger partial charge >= 0.3 is 11.9 Å². The summed E-state index contributed by atoms with van der Waals surface area (Å²) in [6, 6.07) is 9.43. The van der Waals surface area contributed by atoms with Gasteiger partial charge in [-0.3, -0.25) is 0 Å². The highest BCUT2D eigenvalue weighted by Gasteiger charge is 2.37. The number of allylic oxidation sites excluding steroid dienone is 2. The fraction of sp³-hybridized carbons (Fsp3) is 0.368. The number of esters is 2. The van der Waals surface area contributed by atoms with Gasteiger partial charge in [0.05, 0.1) is 30.3 Å². The van der Waals surface area contributed by atoms with Gasteiger partial charge in [0, 0.05) is 11.4 Å². The van der Waals surface area contributed by atoms with Crippen molar-refractivity contribution in [2.75, 3.05) is 7.11 Å². The minimum atomic E-state index is -0.522. The van der Waals surface area contributed by atoms with E-state index in [4.69, 9.17) is 9.47 Å². The third kappa shape index (κ3) is 3.50. The van der Waals surface area contributed by atoms with E-state index in [-0.39, 0.29) is 6.10 Å². The van der Waals surface area contributed by atoms with Crippen molar-refractivity contribution in [3.63, 3.8) is 0 Å². The van der Waals surface area contributed by atoms with Crippen molar-refractivity contribution < 1.29 is 19.1 Å². The lowest BCUT2D eigenvalue weighted by molar-refractivity contribution is -0.143. The maximum Gasteiger partial charge on any atom is 0.337 e. The monoisotopic (exact) mass is 329 g/mol. The number of benzene rings is 1. The van der Waals surface area contributed by atoms with Crippen LogP contribution in [0.15, 0.2) is 52.9 Å². The predicted octanol–water partition coefficient (Wildman–Crippen LogP) is 3.05. The lowest BCUT2D eigenvalue weighted by Crippen LogP contribution is -2.32. The maximum atomic E-state index is 12.7. The van der Waals surface area contributed by atoms with Crippen LogP contribution < -0.4 is 5.32 Å². The molecule has 0 amide bonds. The number of carbonyl (C=O) groups is 2. The number of carbonyl (C=O) groups excluding carboxylic acids is 2. The molecule has 0 bridgehead atoms. The predicted molar refractivity (Wildman–Crippen MR) is 91.0 cm³/mol. The first-order valence-corrected chi connectivity index (χ1v) is 7.89. The van der Waals surface area contributed by atoms with Crippen LogP contribution in [0.1, 0.15) is 39.2 Å². The van der Waals surface area contributed by atoms with Crippen LogP contribution in [0.3, 0.4) is 0 Å². The minimum Gasteiger partial charge on any atom is -0.466 e. The summed E-state index contributed by atoms with van der Waals surface area (Å²) < 4.78 is 10.3. The molecule has 0 fully saturated rings. The van der Waals surface area contributed by atoms with E-state index in [2.05, 4.69) is 5.32 Å². The van der Waals surface area contributed by atoms with E-state index in [1.807, 2.05) is 37.3 Å². The second-order valence-corrected chi connectivity index (χ2v) is 5.99. The molecule has 5 heteroatoms. The van der Waals surface area contributed by atoms with E-state index in [0.29, 0.717) is 22.5 Å². The Morgan fingerprint density at radius 2 is 1.54 bits per heavy atom. The summed E-state index contributed by atoms with van der Waals surface area (Å²) in [5.41, 5.74) is 3.05. The quantitative estimate of drug-likeness (QED) is 0.860. The normalized spacial score (nSPS) is 17.7. The third-order valence-corrected chi connectivity index (χ3v) is 3.86. The third-order valence-electron chi connectivity index (χ3n) is 3.86. The summed E-state index contributed by atoms with van der Waals surface area (Å²) in [6.07, 6.45) is -0.247. The molecule has 5 nitrogen and oxygen atoms in total. The molecule has 24 heavy (non-hydrogen) atoms. The highest BCUT2D eigenvalue weighted by molar-refractivity contribution is 5.99. The number of methoxy groups -OCH3 is 1. The van der Waals surface area contributed by atoms with E-state index in [1.54, 1.807) is 20.8 Å². The van der Waals surface area contributed by atoms with Gasteiger partial charge in [-0.1, -0.05) is 30.3 Å². The molecule has 1 atom stereocenters. The number of rotatable bonds is 4. The van der Waals surface area contributed by atoms with Crippen LogP contribution >= 0.6 is 0 Å². The fourth-order valence-electron chi connectivity index (χ4n) is 2.90. The molecule has 0 saturated heterocycles. The van der Waals surface area contributed by atoms with Gasteiger partial charge in [0.1, 0.15) is 0 Å². The molecule has 1 aromatic carbocycles. The first kappa shape index (κ1) is 17.8. The molecule has 1 aliphatic rings. The zero-order valence-corrected chi connectivity index (χ0v) is 14.7. The molecule has 0 radical (unpaired) electrons. The highest BCUT2D eigenvalue weighted by atomic mass is 16.5. The van der Waals surface area contributed by atoms with Crippen LogP contribution in [0.25, 0.3) is 0 Å². The molecule has 0 aliphatic carbocycles. The van der Waals surface area contributed by atoms with E-state index >= 15 is 0 Å². The van der Waals surface area contributed by atoms with Gasteiger partial charge in [-0.15, -0.1) is 0 Å². The Morgan fingerprint density at radius 3 is 2.04 bits per heavy atom. The van der Waals surface area contributed by atoms with Crippen LogP contribution in [0.5, 0.6) is 0 Å². The number of nitrogens with one attached hydrogen (secondary N) is 1. The van der Waals surface area contributed by atoms with Gasteiger partial charge in [0.25, 0.3) is 0 Å². The van der Waals surface area contributed by atoms with Crippen molar-refractivity contribution >= 4 is 11.9 Å². The van der Waals surface area contributed by atoms with Gasteiger partial charge in [-0.05, 0) is 33.3 Å².